The van der Waals surface area contributed by atoms with E-state index in [4.69, 9.17) is 0 Å². The van der Waals surface area contributed by atoms with Gasteiger partial charge < -0.3 is 24.8 Å². The number of aliphatic hydroxyl groups is 1. The fourth-order valence-electron chi connectivity index (χ4n) is 2.68. The molecule has 0 bridgehead atoms. The Morgan fingerprint density at radius 1 is 1.25 bits per heavy atom. The number of esters is 2. The fourth-order valence-corrected chi connectivity index (χ4v) is 2.68. The first-order valence-corrected chi connectivity index (χ1v) is 7.61. The summed E-state index contributed by atoms with van der Waals surface area (Å²) in [6.45, 7) is 2.97. The van der Waals surface area contributed by atoms with Crippen LogP contribution in [-0.4, -0.2) is 72.7 Å². The Kier molecular flexibility index (Phi) is 7.15. The Hall–Kier alpha value is -2.16. The molecule has 9 nitrogen and oxygen atoms in total. The summed E-state index contributed by atoms with van der Waals surface area (Å²) in [4.78, 5) is 48.6. The number of aliphatic hydroxyl groups excluding tert-OH is 1. The van der Waals surface area contributed by atoms with Crippen LogP contribution in [-0.2, 0) is 28.7 Å². The quantitative estimate of drug-likeness (QED) is 0.582. The minimum atomic E-state index is -1.06. The van der Waals surface area contributed by atoms with Crippen molar-refractivity contribution < 1.29 is 33.8 Å². The number of nitrogens with zero attached hydrogens (tertiary/aromatic N) is 1. The van der Waals surface area contributed by atoms with E-state index in [0.29, 0.717) is 0 Å². The van der Waals surface area contributed by atoms with Crippen LogP contribution in [0.2, 0.25) is 0 Å². The zero-order chi connectivity index (χ0) is 18.4. The summed E-state index contributed by atoms with van der Waals surface area (Å²) in [5, 5.41) is 12.2. The Balaban J connectivity index is 2.85. The molecule has 1 rings (SSSR count). The molecule has 2 N–H and O–H groups in total. The molecule has 1 fully saturated rings. The molecule has 2 amide bonds. The summed E-state index contributed by atoms with van der Waals surface area (Å²) < 4.78 is 9.23. The summed E-state index contributed by atoms with van der Waals surface area (Å²) in [5.74, 6) is -2.70. The number of likely N-dealkylation sites (tertiary alicyclic amines) is 1. The van der Waals surface area contributed by atoms with Crippen LogP contribution in [0, 0.1) is 5.92 Å². The third-order valence-corrected chi connectivity index (χ3v) is 4.02. The monoisotopic (exact) mass is 344 g/mol. The maximum absolute atomic E-state index is 12.5. The zero-order valence-corrected chi connectivity index (χ0v) is 14.3. The van der Waals surface area contributed by atoms with Gasteiger partial charge in [0.05, 0.1) is 26.7 Å². The van der Waals surface area contributed by atoms with Gasteiger partial charge in [-0.15, -0.1) is 0 Å². The minimum absolute atomic E-state index is 0.0635. The molecule has 9 heteroatoms. The summed E-state index contributed by atoms with van der Waals surface area (Å²) in [5.41, 5.74) is 0. The third-order valence-electron chi connectivity index (χ3n) is 4.02. The van der Waals surface area contributed by atoms with E-state index in [-0.39, 0.29) is 25.3 Å². The van der Waals surface area contributed by atoms with Crippen molar-refractivity contribution in [1.82, 2.24) is 10.2 Å². The number of amides is 2. The topological polar surface area (TPSA) is 122 Å². The van der Waals surface area contributed by atoms with Gasteiger partial charge in [0.1, 0.15) is 12.1 Å². The van der Waals surface area contributed by atoms with Crippen molar-refractivity contribution in [2.24, 2.45) is 5.92 Å². The van der Waals surface area contributed by atoms with Crippen LogP contribution >= 0.6 is 0 Å². The molecule has 0 unspecified atom stereocenters. The third kappa shape index (κ3) is 4.92. The number of methoxy groups -OCH3 is 2. The van der Waals surface area contributed by atoms with Gasteiger partial charge in [0.2, 0.25) is 11.8 Å². The lowest BCUT2D eigenvalue weighted by Crippen LogP contribution is -2.53. The number of carbonyl (C=O) groups excluding carboxylic acids is 4. The molecular weight excluding hydrogens is 320 g/mol. The van der Waals surface area contributed by atoms with E-state index in [1.165, 1.54) is 26.0 Å². The SMILES string of the molecule is COC(=O)C[C@H](C)[C@H](NC(=O)[C@@H]1C[C@@H](O)CN1C(C)=O)C(=O)OC. The number of hydrogen-bond acceptors (Lipinski definition) is 7. The summed E-state index contributed by atoms with van der Waals surface area (Å²) in [6, 6.07) is -1.93. The molecule has 0 saturated carbocycles. The van der Waals surface area contributed by atoms with E-state index in [1.54, 1.807) is 6.92 Å². The Morgan fingerprint density at radius 3 is 2.38 bits per heavy atom. The predicted octanol–water partition coefficient (Wildman–Crippen LogP) is -1.17. The van der Waals surface area contributed by atoms with Crippen LogP contribution in [0.25, 0.3) is 0 Å². The number of rotatable bonds is 6. The van der Waals surface area contributed by atoms with Crippen molar-refractivity contribution in [1.29, 1.82) is 0 Å². The van der Waals surface area contributed by atoms with Gasteiger partial charge in [-0.1, -0.05) is 6.92 Å². The van der Waals surface area contributed by atoms with Crippen LogP contribution in [0.15, 0.2) is 0 Å². The maximum atomic E-state index is 12.5. The van der Waals surface area contributed by atoms with E-state index in [9.17, 15) is 24.3 Å². The summed E-state index contributed by atoms with van der Waals surface area (Å²) >= 11 is 0. The number of nitrogens with one attached hydrogen (secondary N) is 1. The van der Waals surface area contributed by atoms with Gasteiger partial charge in [-0.05, 0) is 5.92 Å². The van der Waals surface area contributed by atoms with Gasteiger partial charge in [-0.2, -0.15) is 0 Å². The van der Waals surface area contributed by atoms with Crippen LogP contribution in [0.5, 0.6) is 0 Å². The second kappa shape index (κ2) is 8.62. The second-order valence-electron chi connectivity index (χ2n) is 5.84. The van der Waals surface area contributed by atoms with Crippen LogP contribution < -0.4 is 5.32 Å². The van der Waals surface area contributed by atoms with Crippen molar-refractivity contribution in [3.05, 3.63) is 0 Å². The molecule has 1 aliphatic rings. The Labute approximate surface area is 140 Å². The highest BCUT2D eigenvalue weighted by Crippen LogP contribution is 2.19. The second-order valence-corrected chi connectivity index (χ2v) is 5.84. The van der Waals surface area contributed by atoms with Gasteiger partial charge >= 0.3 is 11.9 Å². The number of ether oxygens (including phenoxy) is 2. The predicted molar refractivity (Wildman–Crippen MR) is 81.5 cm³/mol. The normalized spacial score (nSPS) is 22.5. The van der Waals surface area contributed by atoms with Crippen LogP contribution in [0.4, 0.5) is 0 Å². The maximum Gasteiger partial charge on any atom is 0.328 e. The molecule has 0 aromatic heterocycles. The molecule has 1 aliphatic heterocycles. The Morgan fingerprint density at radius 2 is 1.88 bits per heavy atom. The highest BCUT2D eigenvalue weighted by molar-refractivity contribution is 5.91. The largest absolute Gasteiger partial charge is 0.469 e. The van der Waals surface area contributed by atoms with Gasteiger partial charge in [0, 0.05) is 19.9 Å². The van der Waals surface area contributed by atoms with Gasteiger partial charge in [0.25, 0.3) is 0 Å². The van der Waals surface area contributed by atoms with E-state index < -0.39 is 42.0 Å². The van der Waals surface area contributed by atoms with E-state index in [1.807, 2.05) is 0 Å². The molecule has 0 aliphatic carbocycles. The van der Waals surface area contributed by atoms with E-state index in [2.05, 4.69) is 14.8 Å². The van der Waals surface area contributed by atoms with Crippen molar-refractivity contribution in [3.8, 4) is 0 Å². The molecule has 4 atom stereocenters. The van der Waals surface area contributed by atoms with Crippen LogP contribution in [0.3, 0.4) is 0 Å². The highest BCUT2D eigenvalue weighted by atomic mass is 16.5. The highest BCUT2D eigenvalue weighted by Gasteiger charge is 2.40. The number of carbonyl (C=O) groups is 4. The molecule has 24 heavy (non-hydrogen) atoms. The molecule has 1 saturated heterocycles. The first-order chi connectivity index (χ1) is 11.2. The molecule has 1 heterocycles. The lowest BCUT2D eigenvalue weighted by molar-refractivity contribution is -0.149. The first-order valence-electron chi connectivity index (χ1n) is 7.61. The summed E-state index contributed by atoms with van der Waals surface area (Å²) in [6.07, 6.45) is -0.793. The van der Waals surface area contributed by atoms with Crippen molar-refractivity contribution in [2.75, 3.05) is 20.8 Å². The smallest absolute Gasteiger partial charge is 0.328 e. The van der Waals surface area contributed by atoms with Gasteiger partial charge in [-0.25, -0.2) is 4.79 Å². The Bertz CT molecular complexity index is 508. The first kappa shape index (κ1) is 19.9. The van der Waals surface area contributed by atoms with Gasteiger partial charge in [0.15, 0.2) is 0 Å². The molecule has 0 aromatic rings. The lowest BCUT2D eigenvalue weighted by Gasteiger charge is -2.27. The van der Waals surface area contributed by atoms with Crippen molar-refractivity contribution in [2.45, 2.75) is 44.9 Å². The molecule has 0 aromatic carbocycles. The van der Waals surface area contributed by atoms with E-state index in [0.717, 1.165) is 0 Å². The summed E-state index contributed by atoms with van der Waals surface area (Å²) in [7, 11) is 2.40. The standard InChI is InChI=1S/C15H24N2O7/c1-8(5-12(20)23-3)13(15(22)24-4)16-14(21)11-6-10(19)7-17(11)9(2)18/h8,10-11,13,19H,5-7H2,1-4H3,(H,16,21)/t8-,10+,11-,13-/m0/s1. The number of β-amino-alcohol motifs (C(OH)–C–C–N with tert-alkyl or cyclic N) is 1. The van der Waals surface area contributed by atoms with E-state index >= 15 is 0 Å². The lowest BCUT2D eigenvalue weighted by atomic mass is 9.97. The van der Waals surface area contributed by atoms with Crippen molar-refractivity contribution >= 4 is 23.8 Å². The molecule has 136 valence electrons. The minimum Gasteiger partial charge on any atom is -0.469 e. The molecule has 0 radical (unpaired) electrons. The zero-order valence-electron chi connectivity index (χ0n) is 14.3. The fraction of sp³-hybridized carbons (Fsp3) is 0.733. The average Bonchev–Trinajstić information content (AvgIpc) is 2.93. The van der Waals surface area contributed by atoms with Gasteiger partial charge in [-0.3, -0.25) is 14.4 Å². The van der Waals surface area contributed by atoms with Crippen LogP contribution in [0.1, 0.15) is 26.7 Å². The number of hydrogen-bond donors (Lipinski definition) is 2. The molecule has 0 spiro atoms. The average molecular weight is 344 g/mol. The van der Waals surface area contributed by atoms with Crippen molar-refractivity contribution in [3.63, 3.8) is 0 Å². The molecular formula is C15H24N2O7.